The van der Waals surface area contributed by atoms with Crippen LogP contribution in [0.3, 0.4) is 0 Å². The van der Waals surface area contributed by atoms with Crippen LogP contribution in [-0.4, -0.2) is 41.8 Å². The third-order valence-corrected chi connectivity index (χ3v) is 5.99. The monoisotopic (exact) mass is 300 g/mol. The lowest BCUT2D eigenvalue weighted by atomic mass is 9.89. The molecule has 0 amide bonds. The minimum atomic E-state index is -0.319. The van der Waals surface area contributed by atoms with Gasteiger partial charge in [-0.2, -0.15) is 0 Å². The predicted octanol–water partition coefficient (Wildman–Crippen LogP) is 2.51. The molecule has 106 valence electrons. The first-order chi connectivity index (χ1) is 9.31. The molecule has 2 heterocycles. The standard InChI is InChI=1S/C13H20N2O2S2/c1-2-14-10-3-4-13(16-6-7-17-13)9-11(10)19-12-15-5-8-18-12/h5,8,10-11,14H,2-4,6-7,9H2,1H3. The van der Waals surface area contributed by atoms with Gasteiger partial charge >= 0.3 is 0 Å². The first-order valence-corrected chi connectivity index (χ1v) is 8.65. The van der Waals surface area contributed by atoms with Gasteiger partial charge in [0.05, 0.1) is 13.2 Å². The van der Waals surface area contributed by atoms with Crippen molar-refractivity contribution in [3.8, 4) is 0 Å². The van der Waals surface area contributed by atoms with Gasteiger partial charge in [0, 0.05) is 35.7 Å². The Bertz CT molecular complexity index is 393. The molecule has 1 aromatic heterocycles. The predicted molar refractivity (Wildman–Crippen MR) is 77.7 cm³/mol. The Hall–Kier alpha value is -0.140. The summed E-state index contributed by atoms with van der Waals surface area (Å²) in [4.78, 5) is 4.39. The summed E-state index contributed by atoms with van der Waals surface area (Å²) in [6.07, 6.45) is 4.93. The normalized spacial score (nSPS) is 29.9. The largest absolute Gasteiger partial charge is 0.347 e. The van der Waals surface area contributed by atoms with E-state index in [9.17, 15) is 0 Å². The highest BCUT2D eigenvalue weighted by Crippen LogP contribution is 2.42. The minimum Gasteiger partial charge on any atom is -0.347 e. The van der Waals surface area contributed by atoms with Crippen LogP contribution in [0, 0.1) is 0 Å². The van der Waals surface area contributed by atoms with E-state index in [1.54, 1.807) is 11.3 Å². The second-order valence-corrected chi connectivity index (χ2v) is 7.35. The van der Waals surface area contributed by atoms with Gasteiger partial charge in [0.2, 0.25) is 0 Å². The van der Waals surface area contributed by atoms with Crippen molar-refractivity contribution in [1.29, 1.82) is 0 Å². The Labute approximate surface area is 122 Å². The Morgan fingerprint density at radius 1 is 1.53 bits per heavy atom. The molecule has 2 atom stereocenters. The molecule has 1 saturated carbocycles. The average molecular weight is 300 g/mol. The first kappa shape index (κ1) is 13.8. The highest BCUT2D eigenvalue weighted by molar-refractivity contribution is 8.01. The molecule has 6 heteroatoms. The van der Waals surface area contributed by atoms with Crippen molar-refractivity contribution in [2.75, 3.05) is 19.8 Å². The Morgan fingerprint density at radius 3 is 3.05 bits per heavy atom. The second kappa shape index (κ2) is 6.10. The summed E-state index contributed by atoms with van der Waals surface area (Å²) in [5.41, 5.74) is 0. The maximum absolute atomic E-state index is 5.88. The molecule has 1 aliphatic heterocycles. The molecule has 19 heavy (non-hydrogen) atoms. The van der Waals surface area contributed by atoms with E-state index in [1.807, 2.05) is 23.3 Å². The summed E-state index contributed by atoms with van der Waals surface area (Å²) in [6.45, 7) is 4.65. The maximum atomic E-state index is 5.88. The molecule has 3 rings (SSSR count). The van der Waals surface area contributed by atoms with Gasteiger partial charge in [0.25, 0.3) is 0 Å². The molecular formula is C13H20N2O2S2. The highest BCUT2D eigenvalue weighted by Gasteiger charge is 2.45. The van der Waals surface area contributed by atoms with Crippen LogP contribution in [0.1, 0.15) is 26.2 Å². The summed E-state index contributed by atoms with van der Waals surface area (Å²) < 4.78 is 12.9. The molecule has 2 aliphatic rings. The van der Waals surface area contributed by atoms with Gasteiger partial charge in [-0.15, -0.1) is 11.3 Å². The van der Waals surface area contributed by atoms with Crippen molar-refractivity contribution in [1.82, 2.24) is 10.3 Å². The van der Waals surface area contributed by atoms with E-state index in [0.717, 1.165) is 43.4 Å². The summed E-state index contributed by atoms with van der Waals surface area (Å²) >= 11 is 3.58. The van der Waals surface area contributed by atoms with Crippen LogP contribution in [0.25, 0.3) is 0 Å². The third-order valence-electron chi connectivity index (χ3n) is 3.74. The molecule has 1 aliphatic carbocycles. The molecule has 1 aromatic rings. The van der Waals surface area contributed by atoms with Crippen molar-refractivity contribution in [2.45, 2.75) is 47.6 Å². The number of hydrogen-bond acceptors (Lipinski definition) is 6. The number of rotatable bonds is 4. The van der Waals surface area contributed by atoms with Crippen LogP contribution in [0.2, 0.25) is 0 Å². The topological polar surface area (TPSA) is 43.4 Å². The minimum absolute atomic E-state index is 0.319. The van der Waals surface area contributed by atoms with Crippen molar-refractivity contribution in [3.05, 3.63) is 11.6 Å². The van der Waals surface area contributed by atoms with Crippen LogP contribution in [-0.2, 0) is 9.47 Å². The second-order valence-electron chi connectivity index (χ2n) is 4.97. The molecule has 2 unspecified atom stereocenters. The number of thioether (sulfide) groups is 1. The van der Waals surface area contributed by atoms with Crippen LogP contribution in [0.4, 0.5) is 0 Å². The van der Waals surface area contributed by atoms with E-state index < -0.39 is 0 Å². The summed E-state index contributed by atoms with van der Waals surface area (Å²) in [5.74, 6) is -0.319. The fourth-order valence-electron chi connectivity index (χ4n) is 2.89. The summed E-state index contributed by atoms with van der Waals surface area (Å²) in [5, 5.41) is 6.10. The number of nitrogens with zero attached hydrogens (tertiary/aromatic N) is 1. The Kier molecular flexibility index (Phi) is 4.44. The average Bonchev–Trinajstić information content (AvgIpc) is 3.06. The Morgan fingerprint density at radius 2 is 2.37 bits per heavy atom. The lowest BCUT2D eigenvalue weighted by molar-refractivity contribution is -0.178. The molecule has 1 spiro atoms. The smallest absolute Gasteiger partial charge is 0.169 e. The first-order valence-electron chi connectivity index (χ1n) is 6.89. The summed E-state index contributed by atoms with van der Waals surface area (Å²) in [7, 11) is 0. The Balaban J connectivity index is 1.70. The van der Waals surface area contributed by atoms with E-state index in [-0.39, 0.29) is 5.79 Å². The van der Waals surface area contributed by atoms with E-state index in [0.29, 0.717) is 11.3 Å². The van der Waals surface area contributed by atoms with Crippen LogP contribution < -0.4 is 5.32 Å². The van der Waals surface area contributed by atoms with Crippen LogP contribution >= 0.6 is 23.1 Å². The molecule has 0 bridgehead atoms. The molecule has 0 aromatic carbocycles. The van der Waals surface area contributed by atoms with Crippen molar-refractivity contribution in [3.63, 3.8) is 0 Å². The lowest BCUT2D eigenvalue weighted by Gasteiger charge is -2.40. The van der Waals surface area contributed by atoms with E-state index in [2.05, 4.69) is 17.2 Å². The van der Waals surface area contributed by atoms with Gasteiger partial charge in [-0.05, 0) is 13.0 Å². The fourth-order valence-corrected chi connectivity index (χ4v) is 5.12. The van der Waals surface area contributed by atoms with Crippen LogP contribution in [0.5, 0.6) is 0 Å². The lowest BCUT2D eigenvalue weighted by Crippen LogP contribution is -2.49. The van der Waals surface area contributed by atoms with Crippen molar-refractivity contribution >= 4 is 23.1 Å². The van der Waals surface area contributed by atoms with Gasteiger partial charge in [0.1, 0.15) is 4.34 Å². The molecule has 2 fully saturated rings. The van der Waals surface area contributed by atoms with Crippen LogP contribution in [0.15, 0.2) is 15.9 Å². The zero-order chi connectivity index (χ0) is 13.1. The number of hydrogen-bond donors (Lipinski definition) is 1. The molecule has 4 nitrogen and oxygen atoms in total. The molecule has 0 radical (unpaired) electrons. The number of aromatic nitrogens is 1. The van der Waals surface area contributed by atoms with Gasteiger partial charge in [-0.25, -0.2) is 4.98 Å². The molecule has 1 saturated heterocycles. The zero-order valence-electron chi connectivity index (χ0n) is 11.1. The van der Waals surface area contributed by atoms with Crippen molar-refractivity contribution in [2.24, 2.45) is 0 Å². The van der Waals surface area contributed by atoms with Gasteiger partial charge in [0.15, 0.2) is 5.79 Å². The van der Waals surface area contributed by atoms with E-state index >= 15 is 0 Å². The van der Waals surface area contributed by atoms with Gasteiger partial charge < -0.3 is 14.8 Å². The SMILES string of the molecule is CCNC1CCC2(CC1Sc1nccs1)OCCO2. The fraction of sp³-hybridized carbons (Fsp3) is 0.769. The third kappa shape index (κ3) is 3.13. The number of thiazole rings is 1. The zero-order valence-corrected chi connectivity index (χ0v) is 12.8. The number of ether oxygens (including phenoxy) is 2. The quantitative estimate of drug-likeness (QED) is 0.925. The molecular weight excluding hydrogens is 280 g/mol. The van der Waals surface area contributed by atoms with Gasteiger partial charge in [-0.1, -0.05) is 18.7 Å². The van der Waals surface area contributed by atoms with Gasteiger partial charge in [-0.3, -0.25) is 0 Å². The highest BCUT2D eigenvalue weighted by atomic mass is 32.2. The molecule has 1 N–H and O–H groups in total. The van der Waals surface area contributed by atoms with Crippen molar-refractivity contribution < 1.29 is 9.47 Å². The number of nitrogens with one attached hydrogen (secondary N) is 1. The van der Waals surface area contributed by atoms with E-state index in [4.69, 9.17) is 9.47 Å². The maximum Gasteiger partial charge on any atom is 0.169 e. The summed E-state index contributed by atoms with van der Waals surface area (Å²) in [6, 6.07) is 0.525. The van der Waals surface area contributed by atoms with E-state index in [1.165, 1.54) is 0 Å².